The van der Waals surface area contributed by atoms with Crippen molar-refractivity contribution < 1.29 is 4.79 Å². The van der Waals surface area contributed by atoms with Gasteiger partial charge in [-0.2, -0.15) is 0 Å². The average molecular weight is 515 g/mol. The minimum absolute atomic E-state index is 0.132. The van der Waals surface area contributed by atoms with Crippen LogP contribution < -0.4 is 15.4 Å². The van der Waals surface area contributed by atoms with Gasteiger partial charge in [0.05, 0.1) is 23.1 Å². The van der Waals surface area contributed by atoms with E-state index in [2.05, 4.69) is 96.5 Å². The number of carbonyl (C=O) groups is 1. The molecule has 2 aromatic carbocycles. The van der Waals surface area contributed by atoms with Crippen molar-refractivity contribution in [2.24, 2.45) is 0 Å². The van der Waals surface area contributed by atoms with Crippen LogP contribution in [0.25, 0.3) is 0 Å². The number of rotatable bonds is 9. The summed E-state index contributed by atoms with van der Waals surface area (Å²) in [6.45, 7) is 5.79. The Balaban J connectivity index is 1.10. The lowest BCUT2D eigenvalue weighted by Gasteiger charge is -2.40. The van der Waals surface area contributed by atoms with E-state index in [-0.39, 0.29) is 16.6 Å². The number of para-hydroxylation sites is 1. The number of nitrogens with one attached hydrogen (secondary N) is 1. The number of hydrogen-bond donors (Lipinski definition) is 2. The second-order valence-electron chi connectivity index (χ2n) is 9.17. The first-order valence-electron chi connectivity index (χ1n) is 12.8. The minimum Gasteiger partial charge on any atom is -0.397 e. The van der Waals surface area contributed by atoms with Gasteiger partial charge < -0.3 is 16.0 Å². The van der Waals surface area contributed by atoms with Gasteiger partial charge in [0.2, 0.25) is 0 Å². The molecule has 8 heteroatoms. The summed E-state index contributed by atoms with van der Waals surface area (Å²) in [5, 5.41) is 5.32. The highest BCUT2D eigenvalue weighted by Gasteiger charge is 2.28. The summed E-state index contributed by atoms with van der Waals surface area (Å²) in [5.74, 6) is 1.16. The van der Waals surface area contributed by atoms with Crippen LogP contribution in [-0.4, -0.2) is 65.3 Å². The molecule has 0 saturated carbocycles. The van der Waals surface area contributed by atoms with Gasteiger partial charge in [-0.3, -0.25) is 19.0 Å². The topological polar surface area (TPSA) is 77.7 Å². The molecule has 1 saturated heterocycles. The quantitative estimate of drug-likeness (QED) is 0.329. The highest BCUT2D eigenvalue weighted by molar-refractivity contribution is 8.16. The van der Waals surface area contributed by atoms with Crippen LogP contribution in [-0.2, 0) is 0 Å². The molecule has 0 aliphatic carbocycles. The van der Waals surface area contributed by atoms with Crippen molar-refractivity contribution in [1.82, 2.24) is 20.1 Å². The van der Waals surface area contributed by atoms with E-state index in [1.54, 1.807) is 12.3 Å². The molecule has 1 aromatic heterocycles. The number of allylic oxidation sites excluding steroid dienone is 1. The van der Waals surface area contributed by atoms with Crippen LogP contribution in [0.3, 0.4) is 0 Å². The standard InChI is InChI=1S/C29H34N6OS/c30-27-23-31-16-13-26(27)29(36)32-15-7-8-17-33-18-20-34(21-19-33)28-14-22-37(25-11-5-2-6-12-25)35(28)24-9-3-1-4-10-24/h1-6,9-14,16,22-23H,7-8,15,17-21,30H2,(H,32,36). The number of piperazine rings is 1. The van der Waals surface area contributed by atoms with E-state index in [9.17, 15) is 4.79 Å². The van der Waals surface area contributed by atoms with Crippen molar-refractivity contribution in [1.29, 1.82) is 0 Å². The zero-order valence-electron chi connectivity index (χ0n) is 21.0. The fourth-order valence-electron chi connectivity index (χ4n) is 4.71. The Kier molecular flexibility index (Phi) is 8.18. The van der Waals surface area contributed by atoms with Gasteiger partial charge in [0.15, 0.2) is 0 Å². The first-order valence-corrected chi connectivity index (χ1v) is 14.1. The number of hydrogen-bond acceptors (Lipinski definition) is 6. The smallest absolute Gasteiger partial charge is 0.253 e. The van der Waals surface area contributed by atoms with Gasteiger partial charge in [-0.1, -0.05) is 47.1 Å². The third kappa shape index (κ3) is 6.03. The van der Waals surface area contributed by atoms with Gasteiger partial charge in [-0.25, -0.2) is 0 Å². The third-order valence-corrected chi connectivity index (χ3v) is 8.65. The Morgan fingerprint density at radius 2 is 1.68 bits per heavy atom. The number of anilines is 2. The Morgan fingerprint density at radius 3 is 2.41 bits per heavy atom. The number of benzene rings is 2. The zero-order chi connectivity index (χ0) is 25.5. The van der Waals surface area contributed by atoms with Gasteiger partial charge >= 0.3 is 0 Å². The molecule has 0 spiro atoms. The number of carbonyl (C=O) groups excluding carboxylic acids is 1. The van der Waals surface area contributed by atoms with Crippen molar-refractivity contribution in [3.8, 4) is 0 Å². The highest BCUT2D eigenvalue weighted by Crippen LogP contribution is 2.42. The first kappa shape index (κ1) is 25.0. The molecule has 0 radical (unpaired) electrons. The molecule has 1 atom stereocenters. The molecular weight excluding hydrogens is 480 g/mol. The predicted molar refractivity (Wildman–Crippen MR) is 154 cm³/mol. The van der Waals surface area contributed by atoms with Gasteiger partial charge in [0.25, 0.3) is 5.91 Å². The van der Waals surface area contributed by atoms with E-state index < -0.39 is 0 Å². The number of amides is 1. The highest BCUT2D eigenvalue weighted by atomic mass is 32.2. The number of nitrogen functional groups attached to an aromatic ring is 1. The Bertz CT molecular complexity index is 1260. The number of nitrogens with two attached hydrogens (primary N) is 1. The molecular formula is C29H34N6OS. The Morgan fingerprint density at radius 1 is 0.946 bits per heavy atom. The summed E-state index contributed by atoms with van der Waals surface area (Å²) in [6.07, 6.45) is 7.40. The van der Waals surface area contributed by atoms with Crippen LogP contribution in [0, 0.1) is 0 Å². The number of unbranched alkanes of at least 4 members (excludes halogenated alkanes) is 1. The van der Waals surface area contributed by atoms with Gasteiger partial charge in [0.1, 0.15) is 5.82 Å². The molecule has 1 amide bonds. The second kappa shape index (κ2) is 12.1. The molecule has 5 rings (SSSR count). The maximum absolute atomic E-state index is 12.3. The van der Waals surface area contributed by atoms with E-state index in [0.29, 0.717) is 17.8 Å². The van der Waals surface area contributed by atoms with Crippen molar-refractivity contribution in [2.45, 2.75) is 17.7 Å². The maximum atomic E-state index is 12.3. The van der Waals surface area contributed by atoms with Gasteiger partial charge in [0, 0.05) is 43.8 Å². The predicted octanol–water partition coefficient (Wildman–Crippen LogP) is 4.20. The monoisotopic (exact) mass is 514 g/mol. The van der Waals surface area contributed by atoms with Crippen molar-refractivity contribution in [3.05, 3.63) is 96.6 Å². The lowest BCUT2D eigenvalue weighted by Crippen LogP contribution is -2.48. The van der Waals surface area contributed by atoms with Crippen LogP contribution >= 0.6 is 10.7 Å². The summed E-state index contributed by atoms with van der Waals surface area (Å²) >= 11 is 0. The van der Waals surface area contributed by atoms with E-state index >= 15 is 0 Å². The molecule has 0 bridgehead atoms. The number of pyridine rings is 1. The molecule has 3 heterocycles. The number of aromatic nitrogens is 1. The fraction of sp³-hybridized carbons (Fsp3) is 0.276. The van der Waals surface area contributed by atoms with Crippen LogP contribution in [0.1, 0.15) is 23.2 Å². The lowest BCUT2D eigenvalue weighted by molar-refractivity contribution is 0.0953. The average Bonchev–Trinajstić information content (AvgIpc) is 3.40. The Labute approximate surface area is 221 Å². The van der Waals surface area contributed by atoms with Crippen molar-refractivity contribution in [2.75, 3.05) is 49.3 Å². The third-order valence-electron chi connectivity index (χ3n) is 6.71. The molecule has 192 valence electrons. The van der Waals surface area contributed by atoms with Gasteiger partial charge in [-0.05, 0) is 61.2 Å². The summed E-state index contributed by atoms with van der Waals surface area (Å²) in [7, 11) is -0.132. The molecule has 37 heavy (non-hydrogen) atoms. The van der Waals surface area contributed by atoms with Crippen molar-refractivity contribution in [3.63, 3.8) is 0 Å². The second-order valence-corrected chi connectivity index (χ2v) is 10.9. The first-order chi connectivity index (χ1) is 18.2. The van der Waals surface area contributed by atoms with E-state index in [1.807, 2.05) is 0 Å². The lowest BCUT2D eigenvalue weighted by atomic mass is 10.2. The molecule has 7 nitrogen and oxygen atoms in total. The molecule has 1 unspecified atom stereocenters. The summed E-state index contributed by atoms with van der Waals surface area (Å²) in [6, 6.07) is 23.1. The maximum Gasteiger partial charge on any atom is 0.253 e. The molecule has 1 fully saturated rings. The van der Waals surface area contributed by atoms with Crippen LogP contribution in [0.2, 0.25) is 0 Å². The van der Waals surface area contributed by atoms with Crippen LogP contribution in [0.4, 0.5) is 11.4 Å². The largest absolute Gasteiger partial charge is 0.397 e. The van der Waals surface area contributed by atoms with Crippen LogP contribution in [0.5, 0.6) is 0 Å². The van der Waals surface area contributed by atoms with E-state index in [0.717, 1.165) is 45.6 Å². The fourth-order valence-corrected chi connectivity index (χ4v) is 6.62. The summed E-state index contributed by atoms with van der Waals surface area (Å²) in [5.41, 5.74) is 7.97. The zero-order valence-corrected chi connectivity index (χ0v) is 21.8. The van der Waals surface area contributed by atoms with Gasteiger partial charge in [-0.15, -0.1) is 0 Å². The SMILES string of the molecule is Nc1cnccc1C(=O)NCCCCN1CCN(C2=CC=S(c3ccccc3)N2c2ccccc2)CC1. The van der Waals surface area contributed by atoms with E-state index in [4.69, 9.17) is 5.73 Å². The molecule has 2 aliphatic heterocycles. The van der Waals surface area contributed by atoms with E-state index in [1.165, 1.54) is 22.6 Å². The number of nitrogens with zero attached hydrogens (tertiary/aromatic N) is 4. The van der Waals surface area contributed by atoms with Crippen LogP contribution in [0.15, 0.2) is 95.9 Å². The van der Waals surface area contributed by atoms with Crippen molar-refractivity contribution >= 4 is 33.3 Å². The molecule has 2 aliphatic rings. The normalized spacial score (nSPS) is 17.8. The summed E-state index contributed by atoms with van der Waals surface area (Å²) < 4.78 is 2.49. The molecule has 3 N–H and O–H groups in total. The molecule has 3 aromatic rings. The summed E-state index contributed by atoms with van der Waals surface area (Å²) in [4.78, 5) is 22.6. The Hall–Kier alpha value is -3.62. The minimum atomic E-state index is -0.132.